The first-order valence-electron chi connectivity index (χ1n) is 7.41. The van der Waals surface area contributed by atoms with Crippen LogP contribution in [0.3, 0.4) is 0 Å². The normalized spacial score (nSPS) is 12.8. The standard InChI is InChI=1S/C16H19ClN2O4S2/c1-11(23-13-6-4-5-12(17)9-13)16(20)18-10-14-7-8-15(24-14)25(21,22)19(2)3/h4-9,11H,10H2,1-3H3,(H,18,20)/t11-/m1/s1. The number of carbonyl (C=O) groups is 1. The van der Waals surface area contributed by atoms with Crippen molar-refractivity contribution in [3.63, 3.8) is 0 Å². The average Bonchev–Trinajstić information content (AvgIpc) is 3.02. The minimum Gasteiger partial charge on any atom is -0.481 e. The molecule has 1 heterocycles. The molecule has 9 heteroatoms. The van der Waals surface area contributed by atoms with E-state index < -0.39 is 16.1 Å². The van der Waals surface area contributed by atoms with Gasteiger partial charge in [0.1, 0.15) is 9.96 Å². The number of amides is 1. The molecule has 2 rings (SSSR count). The van der Waals surface area contributed by atoms with E-state index in [-0.39, 0.29) is 16.7 Å². The lowest BCUT2D eigenvalue weighted by Crippen LogP contribution is -2.35. The van der Waals surface area contributed by atoms with E-state index >= 15 is 0 Å². The zero-order chi connectivity index (χ0) is 18.6. The van der Waals surface area contributed by atoms with Crippen molar-refractivity contribution in [3.05, 3.63) is 46.3 Å². The monoisotopic (exact) mass is 402 g/mol. The van der Waals surface area contributed by atoms with Gasteiger partial charge in [-0.3, -0.25) is 4.79 Å². The molecule has 136 valence electrons. The van der Waals surface area contributed by atoms with E-state index in [4.69, 9.17) is 16.3 Å². The van der Waals surface area contributed by atoms with Gasteiger partial charge in [0.2, 0.25) is 0 Å². The number of rotatable bonds is 7. The van der Waals surface area contributed by atoms with Crippen LogP contribution in [0.2, 0.25) is 5.02 Å². The van der Waals surface area contributed by atoms with Crippen LogP contribution in [-0.4, -0.2) is 38.8 Å². The van der Waals surface area contributed by atoms with Crippen LogP contribution in [0.5, 0.6) is 5.75 Å². The highest BCUT2D eigenvalue weighted by Crippen LogP contribution is 2.23. The summed E-state index contributed by atoms with van der Waals surface area (Å²) in [5.41, 5.74) is 0. The maximum atomic E-state index is 12.1. The third kappa shape index (κ3) is 5.18. The van der Waals surface area contributed by atoms with E-state index in [1.165, 1.54) is 20.2 Å². The van der Waals surface area contributed by atoms with E-state index in [1.54, 1.807) is 37.3 Å². The molecule has 1 atom stereocenters. The van der Waals surface area contributed by atoms with Crippen LogP contribution in [0, 0.1) is 0 Å². The number of halogens is 1. The second kappa shape index (κ2) is 8.18. The summed E-state index contributed by atoms with van der Waals surface area (Å²) in [6.07, 6.45) is -0.705. The number of hydrogen-bond acceptors (Lipinski definition) is 5. The molecule has 1 amide bonds. The Labute approximate surface area is 156 Å². The fourth-order valence-corrected chi connectivity index (χ4v) is 4.53. The SMILES string of the molecule is C[C@@H](Oc1cccc(Cl)c1)C(=O)NCc1ccc(S(=O)(=O)N(C)C)s1. The lowest BCUT2D eigenvalue weighted by atomic mass is 10.3. The van der Waals surface area contributed by atoms with Crippen LogP contribution >= 0.6 is 22.9 Å². The second-order valence-electron chi connectivity index (χ2n) is 5.44. The minimum absolute atomic E-state index is 0.232. The van der Waals surface area contributed by atoms with Gasteiger partial charge in [0.05, 0.1) is 6.54 Å². The van der Waals surface area contributed by atoms with Crippen LogP contribution in [-0.2, 0) is 21.4 Å². The molecule has 6 nitrogen and oxygen atoms in total. The number of ether oxygens (including phenoxy) is 1. The molecule has 0 aliphatic carbocycles. The fourth-order valence-electron chi connectivity index (χ4n) is 1.89. The minimum atomic E-state index is -3.45. The van der Waals surface area contributed by atoms with Gasteiger partial charge in [0, 0.05) is 24.0 Å². The molecule has 0 aliphatic heterocycles. The van der Waals surface area contributed by atoms with Crippen molar-refractivity contribution in [2.75, 3.05) is 14.1 Å². The van der Waals surface area contributed by atoms with Gasteiger partial charge in [0.15, 0.2) is 6.10 Å². The van der Waals surface area contributed by atoms with Crippen molar-refractivity contribution in [3.8, 4) is 5.75 Å². The molecule has 0 radical (unpaired) electrons. The van der Waals surface area contributed by atoms with Gasteiger partial charge in [-0.15, -0.1) is 11.3 Å². The topological polar surface area (TPSA) is 75.7 Å². The van der Waals surface area contributed by atoms with Gasteiger partial charge in [-0.2, -0.15) is 0 Å². The van der Waals surface area contributed by atoms with E-state index in [2.05, 4.69) is 5.32 Å². The third-order valence-corrected chi connectivity index (χ3v) is 6.89. The van der Waals surface area contributed by atoms with Crippen LogP contribution in [0.15, 0.2) is 40.6 Å². The summed E-state index contributed by atoms with van der Waals surface area (Å²) in [4.78, 5) is 12.9. The lowest BCUT2D eigenvalue weighted by Gasteiger charge is -2.14. The molecule has 0 unspecified atom stereocenters. The number of sulfonamides is 1. The van der Waals surface area contributed by atoms with E-state index in [0.717, 1.165) is 20.5 Å². The zero-order valence-corrected chi connectivity index (χ0v) is 16.4. The van der Waals surface area contributed by atoms with Gasteiger partial charge in [0.25, 0.3) is 15.9 Å². The Morgan fingerprint density at radius 1 is 1.32 bits per heavy atom. The molecular weight excluding hydrogens is 384 g/mol. The summed E-state index contributed by atoms with van der Waals surface area (Å²) in [6.45, 7) is 1.86. The molecule has 1 aromatic heterocycles. The molecular formula is C16H19ClN2O4S2. The predicted octanol–water partition coefficient (Wildman–Crippen LogP) is 2.74. The molecule has 1 N–H and O–H groups in total. The average molecular weight is 403 g/mol. The molecule has 0 aliphatic rings. The van der Waals surface area contributed by atoms with Crippen LogP contribution < -0.4 is 10.1 Å². The summed E-state index contributed by atoms with van der Waals surface area (Å²) in [6, 6.07) is 10.0. The Bertz CT molecular complexity index is 849. The van der Waals surface area contributed by atoms with E-state index in [0.29, 0.717) is 10.8 Å². The highest BCUT2D eigenvalue weighted by molar-refractivity contribution is 7.91. The smallest absolute Gasteiger partial charge is 0.261 e. The van der Waals surface area contributed by atoms with Crippen molar-refractivity contribution in [1.82, 2.24) is 9.62 Å². The summed E-state index contributed by atoms with van der Waals surface area (Å²) in [5.74, 6) is 0.205. The molecule has 0 spiro atoms. The largest absolute Gasteiger partial charge is 0.481 e. The van der Waals surface area contributed by atoms with Crippen LogP contribution in [0.25, 0.3) is 0 Å². The van der Waals surface area contributed by atoms with Crippen molar-refractivity contribution in [2.45, 2.75) is 23.8 Å². The number of hydrogen-bond donors (Lipinski definition) is 1. The Morgan fingerprint density at radius 3 is 2.68 bits per heavy atom. The summed E-state index contributed by atoms with van der Waals surface area (Å²) in [5, 5.41) is 3.26. The Hall–Kier alpha value is -1.61. The maximum absolute atomic E-state index is 12.1. The molecule has 2 aromatic rings. The van der Waals surface area contributed by atoms with E-state index in [1.807, 2.05) is 0 Å². The van der Waals surface area contributed by atoms with E-state index in [9.17, 15) is 13.2 Å². The Balaban J connectivity index is 1.93. The van der Waals surface area contributed by atoms with Crippen molar-refractivity contribution < 1.29 is 17.9 Å². The maximum Gasteiger partial charge on any atom is 0.261 e. The molecule has 0 saturated carbocycles. The van der Waals surface area contributed by atoms with Gasteiger partial charge in [-0.05, 0) is 37.3 Å². The molecule has 0 saturated heterocycles. The molecule has 1 aromatic carbocycles. The van der Waals surface area contributed by atoms with Crippen molar-refractivity contribution >= 4 is 38.9 Å². The van der Waals surface area contributed by atoms with Crippen molar-refractivity contribution in [1.29, 1.82) is 0 Å². The highest BCUT2D eigenvalue weighted by atomic mass is 35.5. The first-order chi connectivity index (χ1) is 11.7. The zero-order valence-electron chi connectivity index (χ0n) is 14.0. The third-order valence-electron chi connectivity index (χ3n) is 3.29. The number of thiophene rings is 1. The van der Waals surface area contributed by atoms with Crippen LogP contribution in [0.4, 0.5) is 0 Å². The fraction of sp³-hybridized carbons (Fsp3) is 0.312. The number of benzene rings is 1. The van der Waals surface area contributed by atoms with Gasteiger partial charge in [-0.1, -0.05) is 17.7 Å². The second-order valence-corrected chi connectivity index (χ2v) is 9.43. The number of nitrogens with zero attached hydrogens (tertiary/aromatic N) is 1. The van der Waals surface area contributed by atoms with Crippen molar-refractivity contribution in [2.24, 2.45) is 0 Å². The molecule has 0 bridgehead atoms. The van der Waals surface area contributed by atoms with Gasteiger partial charge < -0.3 is 10.1 Å². The number of nitrogens with one attached hydrogen (secondary N) is 1. The van der Waals surface area contributed by atoms with Crippen LogP contribution in [0.1, 0.15) is 11.8 Å². The quantitative estimate of drug-likeness (QED) is 0.772. The summed E-state index contributed by atoms with van der Waals surface area (Å²) >= 11 is 7.00. The molecule has 25 heavy (non-hydrogen) atoms. The molecule has 0 fully saturated rings. The Kier molecular flexibility index (Phi) is 6.45. The first-order valence-corrected chi connectivity index (χ1v) is 10.0. The number of carbonyl (C=O) groups excluding carboxylic acids is 1. The first kappa shape index (κ1) is 19.7. The van der Waals surface area contributed by atoms with Gasteiger partial charge >= 0.3 is 0 Å². The van der Waals surface area contributed by atoms with Gasteiger partial charge in [-0.25, -0.2) is 12.7 Å². The highest BCUT2D eigenvalue weighted by Gasteiger charge is 2.20. The predicted molar refractivity (Wildman–Crippen MR) is 98.6 cm³/mol. The summed E-state index contributed by atoms with van der Waals surface area (Å²) < 4.78 is 31.0. The summed E-state index contributed by atoms with van der Waals surface area (Å²) in [7, 11) is -0.499. The lowest BCUT2D eigenvalue weighted by molar-refractivity contribution is -0.127. The Morgan fingerprint density at radius 2 is 2.04 bits per heavy atom.